The summed E-state index contributed by atoms with van der Waals surface area (Å²) < 4.78 is 5.62. The van der Waals surface area contributed by atoms with Crippen LogP contribution in [0.25, 0.3) is 0 Å². The lowest BCUT2D eigenvalue weighted by atomic mass is 10.1. The number of hydrogen-bond donors (Lipinski definition) is 2. The van der Waals surface area contributed by atoms with E-state index in [2.05, 4.69) is 10.6 Å². The van der Waals surface area contributed by atoms with Gasteiger partial charge in [0.1, 0.15) is 5.75 Å². The second-order valence-electron chi connectivity index (χ2n) is 7.87. The van der Waals surface area contributed by atoms with Crippen molar-refractivity contribution in [1.29, 1.82) is 0 Å². The van der Waals surface area contributed by atoms with Crippen LogP contribution in [-0.2, 0) is 11.3 Å². The van der Waals surface area contributed by atoms with Gasteiger partial charge >= 0.3 is 0 Å². The summed E-state index contributed by atoms with van der Waals surface area (Å²) in [6.45, 7) is 6.22. The summed E-state index contributed by atoms with van der Waals surface area (Å²) in [5.41, 5.74) is 2.43. The average Bonchev–Trinajstić information content (AvgIpc) is 2.77. The first-order valence-corrected chi connectivity index (χ1v) is 10.7. The molecule has 6 heteroatoms. The zero-order chi connectivity index (χ0) is 21.3. The molecule has 30 heavy (non-hydrogen) atoms. The van der Waals surface area contributed by atoms with E-state index < -0.39 is 0 Å². The van der Waals surface area contributed by atoms with E-state index in [9.17, 15) is 9.59 Å². The molecule has 1 heterocycles. The van der Waals surface area contributed by atoms with E-state index in [0.717, 1.165) is 42.9 Å². The lowest BCUT2D eigenvalue weighted by molar-refractivity contribution is -0.119. The molecular formula is C24H31N3O3. The molecule has 6 nitrogen and oxygen atoms in total. The number of amides is 2. The summed E-state index contributed by atoms with van der Waals surface area (Å²) in [6, 6.07) is 15.1. The number of piperidine rings is 1. The van der Waals surface area contributed by atoms with Crippen LogP contribution in [0.2, 0.25) is 0 Å². The third-order valence-electron chi connectivity index (χ3n) is 4.99. The Balaban J connectivity index is 1.46. The van der Waals surface area contributed by atoms with Crippen molar-refractivity contribution in [3.63, 3.8) is 0 Å². The minimum absolute atomic E-state index is 0.0627. The van der Waals surface area contributed by atoms with E-state index in [-0.39, 0.29) is 24.5 Å². The van der Waals surface area contributed by atoms with E-state index in [1.54, 1.807) is 0 Å². The van der Waals surface area contributed by atoms with Gasteiger partial charge in [-0.2, -0.15) is 0 Å². The first kappa shape index (κ1) is 21.7. The first-order valence-electron chi connectivity index (χ1n) is 10.7. The molecule has 1 fully saturated rings. The van der Waals surface area contributed by atoms with Crippen LogP contribution in [-0.4, -0.2) is 42.5 Å². The molecule has 0 unspecified atom stereocenters. The summed E-state index contributed by atoms with van der Waals surface area (Å²) in [6.07, 6.45) is 3.46. The Morgan fingerprint density at radius 2 is 1.77 bits per heavy atom. The van der Waals surface area contributed by atoms with Crippen molar-refractivity contribution in [3.05, 3.63) is 59.7 Å². The van der Waals surface area contributed by atoms with E-state index in [1.165, 1.54) is 6.42 Å². The van der Waals surface area contributed by atoms with Gasteiger partial charge in [-0.05, 0) is 69.0 Å². The van der Waals surface area contributed by atoms with E-state index in [1.807, 2.05) is 67.3 Å². The second kappa shape index (κ2) is 10.7. The van der Waals surface area contributed by atoms with Gasteiger partial charge in [-0.25, -0.2) is 0 Å². The fourth-order valence-electron chi connectivity index (χ4n) is 3.45. The first-order chi connectivity index (χ1) is 14.5. The molecule has 0 aliphatic carbocycles. The smallest absolute Gasteiger partial charge is 0.253 e. The predicted molar refractivity (Wildman–Crippen MR) is 119 cm³/mol. The predicted octanol–water partition coefficient (Wildman–Crippen LogP) is 3.83. The van der Waals surface area contributed by atoms with E-state index in [4.69, 9.17) is 4.74 Å². The summed E-state index contributed by atoms with van der Waals surface area (Å²) >= 11 is 0. The highest BCUT2D eigenvalue weighted by Crippen LogP contribution is 2.16. The van der Waals surface area contributed by atoms with Gasteiger partial charge < -0.3 is 20.3 Å². The van der Waals surface area contributed by atoms with Gasteiger partial charge in [0.2, 0.25) is 5.91 Å². The highest BCUT2D eigenvalue weighted by molar-refractivity contribution is 5.95. The number of hydrogen-bond acceptors (Lipinski definition) is 4. The number of carbonyl (C=O) groups excluding carboxylic acids is 2. The normalized spacial score (nSPS) is 13.8. The zero-order valence-corrected chi connectivity index (χ0v) is 17.8. The van der Waals surface area contributed by atoms with Gasteiger partial charge in [0.05, 0.1) is 12.6 Å². The van der Waals surface area contributed by atoms with Crippen molar-refractivity contribution in [2.45, 2.75) is 45.8 Å². The van der Waals surface area contributed by atoms with E-state index >= 15 is 0 Å². The highest BCUT2D eigenvalue weighted by atomic mass is 16.5. The van der Waals surface area contributed by atoms with E-state index in [0.29, 0.717) is 12.1 Å². The second-order valence-corrected chi connectivity index (χ2v) is 7.87. The molecule has 0 spiro atoms. The number of carbonyl (C=O) groups is 2. The number of nitrogens with zero attached hydrogens (tertiary/aromatic N) is 1. The number of benzene rings is 2. The molecule has 0 aromatic heterocycles. The van der Waals surface area contributed by atoms with Crippen LogP contribution in [0.1, 0.15) is 49.0 Å². The maximum Gasteiger partial charge on any atom is 0.253 e. The Morgan fingerprint density at radius 1 is 1.03 bits per heavy atom. The van der Waals surface area contributed by atoms with Crippen LogP contribution in [0, 0.1) is 0 Å². The Labute approximate surface area is 178 Å². The lowest BCUT2D eigenvalue weighted by Crippen LogP contribution is -2.35. The third-order valence-corrected chi connectivity index (χ3v) is 4.99. The molecule has 0 bridgehead atoms. The topological polar surface area (TPSA) is 70.7 Å². The van der Waals surface area contributed by atoms with Crippen LogP contribution < -0.4 is 15.4 Å². The zero-order valence-electron chi connectivity index (χ0n) is 17.8. The molecule has 1 aliphatic rings. The molecule has 1 aliphatic heterocycles. The minimum Gasteiger partial charge on any atom is -0.491 e. The Morgan fingerprint density at radius 3 is 2.47 bits per heavy atom. The summed E-state index contributed by atoms with van der Waals surface area (Å²) in [7, 11) is 0. The molecule has 2 amide bonds. The molecule has 2 N–H and O–H groups in total. The fourth-order valence-corrected chi connectivity index (χ4v) is 3.45. The van der Waals surface area contributed by atoms with Crippen molar-refractivity contribution in [2.75, 3.05) is 25.0 Å². The van der Waals surface area contributed by atoms with Gasteiger partial charge in [0.25, 0.3) is 5.91 Å². The molecule has 160 valence electrons. The number of ether oxygens (including phenoxy) is 1. The molecule has 0 atom stereocenters. The van der Waals surface area contributed by atoms with Crippen LogP contribution >= 0.6 is 0 Å². The van der Waals surface area contributed by atoms with Crippen LogP contribution in [0.15, 0.2) is 48.5 Å². The fraction of sp³-hybridized carbons (Fsp3) is 0.417. The summed E-state index contributed by atoms with van der Waals surface area (Å²) in [5.74, 6) is 0.777. The molecule has 3 rings (SSSR count). The quantitative estimate of drug-likeness (QED) is 0.695. The summed E-state index contributed by atoms with van der Waals surface area (Å²) in [5, 5.41) is 6.01. The standard InChI is InChI=1S/C24H31N3O3/c1-18(2)30-22-11-9-19(10-12-22)16-26-23(28)17-25-21-8-6-7-20(15-21)24(29)27-13-4-3-5-14-27/h6-12,15,18,25H,3-5,13-14,16-17H2,1-2H3,(H,26,28). The number of nitrogens with one attached hydrogen (secondary N) is 2. The lowest BCUT2D eigenvalue weighted by Gasteiger charge is -2.26. The largest absolute Gasteiger partial charge is 0.491 e. The average molecular weight is 410 g/mol. The number of anilines is 1. The number of likely N-dealkylation sites (tertiary alicyclic amines) is 1. The maximum atomic E-state index is 12.6. The van der Waals surface area contributed by atoms with Crippen molar-refractivity contribution >= 4 is 17.5 Å². The minimum atomic E-state index is -0.106. The SMILES string of the molecule is CC(C)Oc1ccc(CNC(=O)CNc2cccc(C(=O)N3CCCCC3)c2)cc1. The highest BCUT2D eigenvalue weighted by Gasteiger charge is 2.18. The van der Waals surface area contributed by atoms with Gasteiger partial charge in [-0.1, -0.05) is 18.2 Å². The third kappa shape index (κ3) is 6.51. The monoisotopic (exact) mass is 409 g/mol. The molecule has 0 saturated carbocycles. The molecule has 2 aromatic rings. The summed E-state index contributed by atoms with van der Waals surface area (Å²) in [4.78, 5) is 26.7. The van der Waals surface area contributed by atoms with Crippen molar-refractivity contribution in [3.8, 4) is 5.75 Å². The Bertz CT molecular complexity index is 843. The van der Waals surface area contributed by atoms with Gasteiger partial charge in [-0.15, -0.1) is 0 Å². The van der Waals surface area contributed by atoms with Gasteiger partial charge in [-0.3, -0.25) is 9.59 Å². The molecular weight excluding hydrogens is 378 g/mol. The van der Waals surface area contributed by atoms with Crippen molar-refractivity contribution < 1.29 is 14.3 Å². The Hall–Kier alpha value is -3.02. The van der Waals surface area contributed by atoms with Crippen molar-refractivity contribution in [1.82, 2.24) is 10.2 Å². The van der Waals surface area contributed by atoms with Crippen molar-refractivity contribution in [2.24, 2.45) is 0 Å². The molecule has 0 radical (unpaired) electrons. The molecule has 1 saturated heterocycles. The molecule has 2 aromatic carbocycles. The van der Waals surface area contributed by atoms with Gasteiger partial charge in [0.15, 0.2) is 0 Å². The maximum absolute atomic E-state index is 12.6. The Kier molecular flexibility index (Phi) is 7.71. The van der Waals surface area contributed by atoms with Crippen LogP contribution in [0.5, 0.6) is 5.75 Å². The van der Waals surface area contributed by atoms with Gasteiger partial charge in [0, 0.05) is 30.9 Å². The van der Waals surface area contributed by atoms with Crippen LogP contribution in [0.3, 0.4) is 0 Å². The number of rotatable bonds is 8. The van der Waals surface area contributed by atoms with Crippen LogP contribution in [0.4, 0.5) is 5.69 Å².